The molecule has 226 valence electrons. The summed E-state index contributed by atoms with van der Waals surface area (Å²) in [4.78, 5) is 22.7. The molecule has 4 aromatic rings. The third kappa shape index (κ3) is 8.96. The summed E-state index contributed by atoms with van der Waals surface area (Å²) in [6.45, 7) is 4.37. The normalized spacial score (nSPS) is 12.6. The fraction of sp³-hybridized carbons (Fsp3) is 0.312. The van der Waals surface area contributed by atoms with Crippen LogP contribution in [-0.2, 0) is 18.4 Å². The standard InChI is InChI=1S/C32H36FN5O5.Na/c1-20(2)30-27(14-11-24(39)17-25(40)18-29(41)42)31(22-7-9-23(33)10-8-22)36-32(35-30)38(28-15-16-34-37(28)3)19-21-5-12-26(43-4)13-6-21;/h5-16,20,24-25,39-40H,17-19H2,1-4H3,(H,41,42);/q;+1/p-1/b14-11+;/t24-,25-;/m1./s1. The van der Waals surface area contributed by atoms with Gasteiger partial charge >= 0.3 is 29.6 Å². The molecule has 0 fully saturated rings. The maximum atomic E-state index is 13.9. The average molecular weight is 612 g/mol. The van der Waals surface area contributed by atoms with Crippen molar-refractivity contribution in [1.29, 1.82) is 0 Å². The van der Waals surface area contributed by atoms with Gasteiger partial charge in [-0.2, -0.15) is 5.10 Å². The summed E-state index contributed by atoms with van der Waals surface area (Å²) in [6, 6.07) is 15.5. The number of carboxylic acid groups (broad SMARTS) is 1. The van der Waals surface area contributed by atoms with Gasteiger partial charge in [-0.3, -0.25) is 9.58 Å². The molecule has 0 aliphatic rings. The van der Waals surface area contributed by atoms with Gasteiger partial charge in [0.2, 0.25) is 5.95 Å². The van der Waals surface area contributed by atoms with Crippen molar-refractivity contribution in [2.24, 2.45) is 7.05 Å². The molecule has 4 rings (SSSR count). The minimum Gasteiger partial charge on any atom is -0.550 e. The van der Waals surface area contributed by atoms with Crippen molar-refractivity contribution in [3.05, 3.63) is 89.5 Å². The van der Waals surface area contributed by atoms with E-state index < -0.39 is 30.4 Å². The average Bonchev–Trinajstić information content (AvgIpc) is 3.40. The number of rotatable bonds is 13. The Kier molecular flexibility index (Phi) is 12.6. The summed E-state index contributed by atoms with van der Waals surface area (Å²) in [7, 11) is 3.44. The number of halogens is 1. The number of aliphatic carboxylic acids is 1. The molecule has 0 aliphatic heterocycles. The van der Waals surface area contributed by atoms with Gasteiger partial charge < -0.3 is 24.9 Å². The predicted octanol–water partition coefficient (Wildman–Crippen LogP) is 0.756. The van der Waals surface area contributed by atoms with Crippen LogP contribution in [0.15, 0.2) is 66.9 Å². The Balaban J connectivity index is 0.00000529. The number of hydrogen-bond donors (Lipinski definition) is 2. The molecule has 0 aliphatic carbocycles. The fourth-order valence-corrected chi connectivity index (χ4v) is 4.67. The number of methoxy groups -OCH3 is 1. The van der Waals surface area contributed by atoms with Crippen LogP contribution in [0, 0.1) is 5.82 Å². The van der Waals surface area contributed by atoms with Gasteiger partial charge in [0.15, 0.2) is 0 Å². The van der Waals surface area contributed by atoms with Gasteiger partial charge in [0.25, 0.3) is 0 Å². The van der Waals surface area contributed by atoms with Crippen LogP contribution in [0.3, 0.4) is 0 Å². The van der Waals surface area contributed by atoms with E-state index in [9.17, 15) is 24.5 Å². The van der Waals surface area contributed by atoms with Gasteiger partial charge in [-0.1, -0.05) is 38.1 Å². The number of benzene rings is 2. The number of carboxylic acids is 1. The van der Waals surface area contributed by atoms with Gasteiger partial charge in [0, 0.05) is 43.1 Å². The zero-order valence-corrected chi connectivity index (χ0v) is 27.5. The molecule has 0 saturated heterocycles. The van der Waals surface area contributed by atoms with Crippen LogP contribution in [0.5, 0.6) is 5.75 Å². The number of aliphatic hydroxyl groups is 2. The number of carbonyl (C=O) groups excluding carboxylic acids is 1. The van der Waals surface area contributed by atoms with Crippen molar-refractivity contribution in [3.8, 4) is 17.0 Å². The molecule has 2 heterocycles. The number of aryl methyl sites for hydroxylation is 1. The molecule has 44 heavy (non-hydrogen) atoms. The van der Waals surface area contributed by atoms with Gasteiger partial charge in [-0.05, 0) is 47.9 Å². The topological polar surface area (TPSA) is 137 Å². The van der Waals surface area contributed by atoms with E-state index in [1.165, 1.54) is 18.2 Å². The molecule has 2 aromatic heterocycles. The van der Waals surface area contributed by atoms with Gasteiger partial charge in [-0.25, -0.2) is 14.4 Å². The van der Waals surface area contributed by atoms with E-state index in [1.807, 2.05) is 56.1 Å². The van der Waals surface area contributed by atoms with Crippen LogP contribution >= 0.6 is 0 Å². The molecule has 0 radical (unpaired) electrons. The van der Waals surface area contributed by atoms with E-state index in [0.29, 0.717) is 35.0 Å². The maximum Gasteiger partial charge on any atom is 1.00 e. The van der Waals surface area contributed by atoms with Crippen LogP contribution in [0.4, 0.5) is 16.2 Å². The Bertz CT molecular complexity index is 1560. The second-order valence-electron chi connectivity index (χ2n) is 10.5. The van der Waals surface area contributed by atoms with Gasteiger partial charge in [-0.15, -0.1) is 0 Å². The van der Waals surface area contributed by atoms with E-state index in [1.54, 1.807) is 36.2 Å². The zero-order valence-electron chi connectivity index (χ0n) is 25.5. The van der Waals surface area contributed by atoms with Crippen LogP contribution < -0.4 is 44.3 Å². The largest absolute Gasteiger partial charge is 1.00 e. The molecule has 2 atom stereocenters. The van der Waals surface area contributed by atoms with Crippen molar-refractivity contribution in [1.82, 2.24) is 19.7 Å². The maximum absolute atomic E-state index is 13.9. The molecule has 2 N–H and O–H groups in total. The predicted molar refractivity (Wildman–Crippen MR) is 159 cm³/mol. The summed E-state index contributed by atoms with van der Waals surface area (Å²) in [6.07, 6.45) is 1.62. The van der Waals surface area contributed by atoms with Crippen LogP contribution in [0.25, 0.3) is 17.3 Å². The molecule has 0 bridgehead atoms. The number of aromatic nitrogens is 4. The SMILES string of the molecule is COc1ccc(CN(c2nc(-c3ccc(F)cc3)c(/C=C/[C@@H](O)C[C@@H](O)CC(=O)[O-])c(C(C)C)n2)c2ccnn2C)cc1.[Na+]. The fourth-order valence-electron chi connectivity index (χ4n) is 4.67. The molecule has 0 amide bonds. The monoisotopic (exact) mass is 611 g/mol. The Morgan fingerprint density at radius 1 is 1.09 bits per heavy atom. The van der Waals surface area contributed by atoms with E-state index in [-0.39, 0.29) is 41.9 Å². The summed E-state index contributed by atoms with van der Waals surface area (Å²) < 4.78 is 21.0. The minimum atomic E-state index is -1.40. The van der Waals surface area contributed by atoms with Crippen LogP contribution in [-0.4, -0.2) is 55.2 Å². The first-order valence-corrected chi connectivity index (χ1v) is 13.9. The van der Waals surface area contributed by atoms with Gasteiger partial charge in [0.1, 0.15) is 17.4 Å². The van der Waals surface area contributed by atoms with E-state index in [4.69, 9.17) is 14.7 Å². The van der Waals surface area contributed by atoms with Crippen molar-refractivity contribution in [2.75, 3.05) is 12.0 Å². The summed E-state index contributed by atoms with van der Waals surface area (Å²) in [5, 5.41) is 35.7. The summed E-state index contributed by atoms with van der Waals surface area (Å²) in [5.41, 5.74) is 3.39. The first kappa shape index (κ1) is 34.9. The van der Waals surface area contributed by atoms with E-state index >= 15 is 0 Å². The van der Waals surface area contributed by atoms with Crippen LogP contribution in [0.2, 0.25) is 0 Å². The zero-order chi connectivity index (χ0) is 31.1. The van der Waals surface area contributed by atoms with Crippen molar-refractivity contribution >= 4 is 23.8 Å². The summed E-state index contributed by atoms with van der Waals surface area (Å²) >= 11 is 0. The molecule has 10 nitrogen and oxygen atoms in total. The number of nitrogens with zero attached hydrogens (tertiary/aromatic N) is 5. The van der Waals surface area contributed by atoms with Crippen molar-refractivity contribution < 1.29 is 58.8 Å². The third-order valence-corrected chi connectivity index (χ3v) is 6.84. The second kappa shape index (κ2) is 15.9. The van der Waals surface area contributed by atoms with Crippen molar-refractivity contribution in [2.45, 2.75) is 51.4 Å². The number of ether oxygens (including phenoxy) is 1. The molecule has 12 heteroatoms. The van der Waals surface area contributed by atoms with Crippen molar-refractivity contribution in [3.63, 3.8) is 0 Å². The molecule has 0 saturated carbocycles. The Morgan fingerprint density at radius 3 is 2.34 bits per heavy atom. The molecule has 2 aromatic carbocycles. The quantitative estimate of drug-likeness (QED) is 0.210. The molecular formula is C32H35FN5NaO5. The number of carbonyl (C=O) groups is 1. The Morgan fingerprint density at radius 2 is 1.77 bits per heavy atom. The first-order valence-electron chi connectivity index (χ1n) is 13.9. The number of hydrogen-bond acceptors (Lipinski definition) is 9. The van der Waals surface area contributed by atoms with E-state index in [0.717, 1.165) is 17.1 Å². The minimum absolute atomic E-state index is 0. The number of aliphatic hydroxyl groups excluding tert-OH is 2. The number of anilines is 2. The third-order valence-electron chi connectivity index (χ3n) is 6.84. The Labute approximate surface area is 278 Å². The molecule has 0 spiro atoms. The Hall–Kier alpha value is -3.61. The summed E-state index contributed by atoms with van der Waals surface area (Å²) in [5.74, 6) is -0.0108. The van der Waals surface area contributed by atoms with Crippen LogP contribution in [0.1, 0.15) is 49.4 Å². The van der Waals surface area contributed by atoms with Gasteiger partial charge in [0.05, 0.1) is 43.4 Å². The molecular weight excluding hydrogens is 576 g/mol. The second-order valence-corrected chi connectivity index (χ2v) is 10.5. The molecule has 0 unspecified atom stereocenters. The smallest absolute Gasteiger partial charge is 0.550 e. The van der Waals surface area contributed by atoms with E-state index in [2.05, 4.69) is 5.10 Å². The first-order chi connectivity index (χ1) is 20.5.